The van der Waals surface area contributed by atoms with Crippen molar-refractivity contribution in [1.82, 2.24) is 10.0 Å². The third-order valence-electron chi connectivity index (χ3n) is 2.81. The van der Waals surface area contributed by atoms with E-state index in [0.29, 0.717) is 17.7 Å². The number of carbonyl (C=O) groups is 1. The van der Waals surface area contributed by atoms with Crippen molar-refractivity contribution in [2.45, 2.75) is 18.7 Å². The first kappa shape index (κ1) is 19.9. The van der Waals surface area contributed by atoms with E-state index in [0.717, 1.165) is 0 Å². The van der Waals surface area contributed by atoms with E-state index in [1.807, 2.05) is 6.92 Å². The van der Waals surface area contributed by atoms with Crippen LogP contribution in [0.4, 0.5) is 0 Å². The van der Waals surface area contributed by atoms with Crippen molar-refractivity contribution in [1.29, 1.82) is 0 Å². The number of halogens is 1. The molecule has 6 nitrogen and oxygen atoms in total. The van der Waals surface area contributed by atoms with E-state index in [1.54, 1.807) is 25.2 Å². The minimum Gasteiger partial charge on any atom is -0.465 e. The molecule has 0 spiro atoms. The van der Waals surface area contributed by atoms with Crippen LogP contribution in [0.1, 0.15) is 22.8 Å². The Balaban J connectivity index is 0.00000400. The van der Waals surface area contributed by atoms with E-state index >= 15 is 0 Å². The Hall–Kier alpha value is -1.15. The van der Waals surface area contributed by atoms with Gasteiger partial charge in [0.2, 0.25) is 10.0 Å². The van der Waals surface area contributed by atoms with Crippen LogP contribution in [0.25, 0.3) is 0 Å². The Labute approximate surface area is 131 Å². The highest BCUT2D eigenvalue weighted by Crippen LogP contribution is 2.09. The van der Waals surface area contributed by atoms with Gasteiger partial charge in [0, 0.05) is 12.6 Å². The van der Waals surface area contributed by atoms with Gasteiger partial charge >= 0.3 is 5.97 Å². The number of rotatable bonds is 7. The maximum absolute atomic E-state index is 11.9. The molecule has 0 aliphatic rings. The van der Waals surface area contributed by atoms with Gasteiger partial charge in [-0.2, -0.15) is 0 Å². The molecule has 0 aliphatic heterocycles. The van der Waals surface area contributed by atoms with Crippen molar-refractivity contribution in [3.63, 3.8) is 0 Å². The van der Waals surface area contributed by atoms with Crippen LogP contribution in [0.2, 0.25) is 0 Å². The number of sulfonamides is 1. The van der Waals surface area contributed by atoms with Gasteiger partial charge in [0.15, 0.2) is 0 Å². The maximum atomic E-state index is 11.9. The summed E-state index contributed by atoms with van der Waals surface area (Å²) in [5.74, 6) is -0.658. The fraction of sp³-hybridized carbons (Fsp3) is 0.462. The van der Waals surface area contributed by atoms with Crippen LogP contribution in [0.5, 0.6) is 0 Å². The van der Waals surface area contributed by atoms with Crippen LogP contribution in [-0.4, -0.2) is 41.1 Å². The van der Waals surface area contributed by atoms with Crippen LogP contribution < -0.4 is 10.0 Å². The number of carbonyl (C=O) groups excluding carboxylic acids is 1. The zero-order valence-electron chi connectivity index (χ0n) is 12.3. The van der Waals surface area contributed by atoms with Crippen molar-refractivity contribution in [2.24, 2.45) is 0 Å². The van der Waals surface area contributed by atoms with Gasteiger partial charge in [-0.1, -0.05) is 12.1 Å². The molecule has 0 amide bonds. The van der Waals surface area contributed by atoms with Gasteiger partial charge in [0.05, 0.1) is 18.4 Å². The van der Waals surface area contributed by atoms with E-state index in [9.17, 15) is 13.2 Å². The topological polar surface area (TPSA) is 84.5 Å². The highest BCUT2D eigenvalue weighted by Gasteiger charge is 2.14. The highest BCUT2D eigenvalue weighted by molar-refractivity contribution is 7.88. The number of likely N-dealkylation sites (N-methyl/N-ethyl adjacent to an activating group) is 1. The van der Waals surface area contributed by atoms with Crippen molar-refractivity contribution in [3.8, 4) is 0 Å². The molecule has 0 aliphatic carbocycles. The second-order valence-electron chi connectivity index (χ2n) is 4.49. The molecule has 0 saturated carbocycles. The van der Waals surface area contributed by atoms with E-state index in [2.05, 4.69) is 14.8 Å². The van der Waals surface area contributed by atoms with Gasteiger partial charge in [-0.15, -0.1) is 12.4 Å². The molecule has 0 saturated heterocycles. The molecular formula is C13H21ClN2O4S. The van der Waals surface area contributed by atoms with Gasteiger partial charge in [-0.3, -0.25) is 0 Å². The maximum Gasteiger partial charge on any atom is 0.337 e. The lowest BCUT2D eigenvalue weighted by Gasteiger charge is -2.12. The molecule has 1 aromatic rings. The summed E-state index contributed by atoms with van der Waals surface area (Å²) in [6.45, 7) is 2.19. The molecule has 1 atom stereocenters. The van der Waals surface area contributed by atoms with Crippen molar-refractivity contribution < 1.29 is 17.9 Å². The number of benzene rings is 1. The summed E-state index contributed by atoms with van der Waals surface area (Å²) in [5.41, 5.74) is 0.876. The lowest BCUT2D eigenvalue weighted by Crippen LogP contribution is -2.37. The number of hydrogen-bond donors (Lipinski definition) is 2. The molecule has 1 rings (SSSR count). The standard InChI is InChI=1S/C13H20N2O4S.ClH/c1-10(14-2)8-15-20(17,18)9-11-5-4-6-12(7-11)13(16)19-3;/h4-7,10,14-15H,8-9H2,1-3H3;1H. The summed E-state index contributed by atoms with van der Waals surface area (Å²) in [6.07, 6.45) is 0. The predicted octanol–water partition coefficient (Wildman–Crippen LogP) is 0.922. The molecule has 0 aromatic heterocycles. The minimum absolute atomic E-state index is 0. The second kappa shape index (κ2) is 8.99. The van der Waals surface area contributed by atoms with Gasteiger partial charge < -0.3 is 10.1 Å². The predicted molar refractivity (Wildman–Crippen MR) is 84.2 cm³/mol. The molecule has 0 radical (unpaired) electrons. The average molecular weight is 337 g/mol. The zero-order valence-corrected chi connectivity index (χ0v) is 13.9. The molecule has 0 fully saturated rings. The van der Waals surface area contributed by atoms with E-state index in [4.69, 9.17) is 0 Å². The Morgan fingerprint density at radius 1 is 1.38 bits per heavy atom. The van der Waals surface area contributed by atoms with Crippen LogP contribution in [0, 0.1) is 0 Å². The summed E-state index contributed by atoms with van der Waals surface area (Å²) in [4.78, 5) is 11.4. The highest BCUT2D eigenvalue weighted by atomic mass is 35.5. The lowest BCUT2D eigenvalue weighted by molar-refractivity contribution is 0.0600. The average Bonchev–Trinajstić information content (AvgIpc) is 2.43. The minimum atomic E-state index is -3.43. The van der Waals surface area contributed by atoms with Crippen LogP contribution in [-0.2, 0) is 20.5 Å². The fourth-order valence-electron chi connectivity index (χ4n) is 1.53. The van der Waals surface area contributed by atoms with Gasteiger partial charge in [-0.05, 0) is 31.7 Å². The van der Waals surface area contributed by atoms with Gasteiger partial charge in [0.25, 0.3) is 0 Å². The summed E-state index contributed by atoms with van der Waals surface area (Å²) in [7, 11) is -0.384. The van der Waals surface area contributed by atoms with E-state index in [1.165, 1.54) is 13.2 Å². The van der Waals surface area contributed by atoms with E-state index in [-0.39, 0.29) is 24.2 Å². The van der Waals surface area contributed by atoms with Crippen LogP contribution in [0.3, 0.4) is 0 Å². The fourth-order valence-corrected chi connectivity index (χ4v) is 2.75. The Morgan fingerprint density at radius 2 is 2.05 bits per heavy atom. The normalized spacial score (nSPS) is 12.3. The second-order valence-corrected chi connectivity index (χ2v) is 6.30. The quantitative estimate of drug-likeness (QED) is 0.723. The molecular weight excluding hydrogens is 316 g/mol. The first-order valence-corrected chi connectivity index (χ1v) is 7.85. The zero-order chi connectivity index (χ0) is 15.2. The SMILES string of the molecule is CNC(C)CNS(=O)(=O)Cc1cccc(C(=O)OC)c1.Cl. The number of hydrogen-bond acceptors (Lipinski definition) is 5. The molecule has 1 aromatic carbocycles. The number of esters is 1. The molecule has 8 heteroatoms. The molecule has 0 heterocycles. The van der Waals surface area contributed by atoms with Gasteiger partial charge in [-0.25, -0.2) is 17.9 Å². The van der Waals surface area contributed by atoms with Gasteiger partial charge in [0.1, 0.15) is 0 Å². The first-order chi connectivity index (χ1) is 9.38. The number of nitrogens with one attached hydrogen (secondary N) is 2. The molecule has 1 unspecified atom stereocenters. The summed E-state index contributed by atoms with van der Waals surface area (Å²) in [5, 5.41) is 2.94. The monoisotopic (exact) mass is 336 g/mol. The molecule has 21 heavy (non-hydrogen) atoms. The summed E-state index contributed by atoms with van der Waals surface area (Å²) in [6, 6.07) is 6.44. The third-order valence-corrected chi connectivity index (χ3v) is 4.13. The first-order valence-electron chi connectivity index (χ1n) is 6.20. The van der Waals surface area contributed by atoms with Crippen molar-refractivity contribution in [3.05, 3.63) is 35.4 Å². The summed E-state index contributed by atoms with van der Waals surface area (Å²) >= 11 is 0. The number of methoxy groups -OCH3 is 1. The number of ether oxygens (including phenoxy) is 1. The molecule has 2 N–H and O–H groups in total. The Morgan fingerprint density at radius 3 is 2.62 bits per heavy atom. The van der Waals surface area contributed by atoms with Crippen LogP contribution >= 0.6 is 12.4 Å². The molecule has 0 bridgehead atoms. The van der Waals surface area contributed by atoms with Crippen LogP contribution in [0.15, 0.2) is 24.3 Å². The van der Waals surface area contributed by atoms with E-state index < -0.39 is 16.0 Å². The largest absolute Gasteiger partial charge is 0.465 e. The third kappa shape index (κ3) is 6.90. The Bertz CT molecular complexity index is 563. The Kier molecular flexibility index (Phi) is 8.50. The van der Waals surface area contributed by atoms with Crippen molar-refractivity contribution in [2.75, 3.05) is 20.7 Å². The molecule has 120 valence electrons. The lowest BCUT2D eigenvalue weighted by atomic mass is 10.1. The van der Waals surface area contributed by atoms with Crippen molar-refractivity contribution >= 4 is 28.4 Å². The smallest absolute Gasteiger partial charge is 0.337 e. The summed E-state index contributed by atoms with van der Waals surface area (Å²) < 4.78 is 30.9.